The Balaban J connectivity index is -0.000000967. The number of hydrogen-bond acceptors (Lipinski definition) is 10. The molecule has 1 heterocycles. The lowest BCUT2D eigenvalue weighted by Crippen LogP contribution is -2.41. The van der Waals surface area contributed by atoms with Crippen molar-refractivity contribution >= 4 is 12.1 Å². The fourth-order valence-electron chi connectivity index (χ4n) is 5.63. The molecular formula is C34H72N2O9. The van der Waals surface area contributed by atoms with Gasteiger partial charge in [-0.25, -0.2) is 4.79 Å². The average Bonchev–Trinajstić information content (AvgIpc) is 2.97. The normalized spacial score (nSPS) is 22.4. The van der Waals surface area contributed by atoms with Crippen LogP contribution in [0.15, 0.2) is 0 Å². The van der Waals surface area contributed by atoms with Crippen LogP contribution in [0.3, 0.4) is 0 Å². The number of aliphatic hydroxyl groups is 3. The van der Waals surface area contributed by atoms with Gasteiger partial charge in [-0.1, -0.05) is 54.9 Å². The maximum atomic E-state index is 12.3. The number of esters is 1. The highest BCUT2D eigenvalue weighted by Crippen LogP contribution is 2.26. The monoisotopic (exact) mass is 653 g/mol. The molecule has 0 aliphatic carbocycles. The van der Waals surface area contributed by atoms with Gasteiger partial charge in [0.15, 0.2) is 6.29 Å². The quantitative estimate of drug-likeness (QED) is 0.118. The molecule has 8 unspecified atom stereocenters. The van der Waals surface area contributed by atoms with E-state index in [0.29, 0.717) is 23.9 Å². The minimum absolute atomic E-state index is 0.0769. The van der Waals surface area contributed by atoms with Gasteiger partial charge in [0.25, 0.3) is 6.29 Å². The van der Waals surface area contributed by atoms with Crippen molar-refractivity contribution in [3.8, 4) is 0 Å². The molecule has 1 rings (SSSR count). The van der Waals surface area contributed by atoms with Crippen molar-refractivity contribution < 1.29 is 44.2 Å². The lowest BCUT2D eigenvalue weighted by Gasteiger charge is -2.34. The van der Waals surface area contributed by atoms with Crippen molar-refractivity contribution in [1.82, 2.24) is 9.80 Å². The molecule has 4 N–H and O–H groups in total. The molecule has 0 spiro atoms. The zero-order valence-electron chi connectivity index (χ0n) is 31.2. The van der Waals surface area contributed by atoms with E-state index in [-0.39, 0.29) is 18.4 Å². The Morgan fingerprint density at radius 1 is 0.933 bits per heavy atom. The highest BCUT2D eigenvalue weighted by molar-refractivity contribution is 5.73. The zero-order chi connectivity index (χ0) is 35.9. The van der Waals surface area contributed by atoms with Gasteiger partial charge < -0.3 is 44.4 Å². The molecule has 272 valence electrons. The van der Waals surface area contributed by atoms with E-state index in [2.05, 4.69) is 49.3 Å². The molecule has 11 nitrogen and oxygen atoms in total. The molecular weight excluding hydrogens is 580 g/mol. The van der Waals surface area contributed by atoms with Gasteiger partial charge in [-0.3, -0.25) is 4.79 Å². The second kappa shape index (κ2) is 27.6. The second-order valence-electron chi connectivity index (χ2n) is 12.7. The van der Waals surface area contributed by atoms with E-state index in [1.807, 2.05) is 41.8 Å². The van der Waals surface area contributed by atoms with Crippen molar-refractivity contribution in [3.63, 3.8) is 0 Å². The zero-order valence-corrected chi connectivity index (χ0v) is 31.2. The summed E-state index contributed by atoms with van der Waals surface area (Å²) in [5, 5.41) is 35.5. The van der Waals surface area contributed by atoms with Crippen LogP contribution >= 0.6 is 0 Å². The lowest BCUT2D eigenvalue weighted by molar-refractivity contribution is -0.179. The number of aliphatic hydroxyl groups excluding tert-OH is 3. The van der Waals surface area contributed by atoms with E-state index in [1.165, 1.54) is 12.8 Å². The third-order valence-electron chi connectivity index (χ3n) is 8.12. The summed E-state index contributed by atoms with van der Waals surface area (Å²) in [6, 6.07) is 1.05. The fourth-order valence-corrected chi connectivity index (χ4v) is 5.63. The summed E-state index contributed by atoms with van der Waals surface area (Å²) in [4.78, 5) is 27.5. The van der Waals surface area contributed by atoms with Gasteiger partial charge in [-0.15, -0.1) is 0 Å². The molecule has 0 saturated carbocycles. The van der Waals surface area contributed by atoms with Crippen molar-refractivity contribution in [2.75, 3.05) is 34.8 Å². The molecule has 0 bridgehead atoms. The smallest absolute Gasteiger partial charge is 0.450 e. The van der Waals surface area contributed by atoms with Crippen LogP contribution in [0.2, 0.25) is 0 Å². The Morgan fingerprint density at radius 3 is 1.93 bits per heavy atom. The third kappa shape index (κ3) is 22.6. The van der Waals surface area contributed by atoms with E-state index in [9.17, 15) is 19.8 Å². The third-order valence-corrected chi connectivity index (χ3v) is 8.12. The molecule has 1 aliphatic heterocycles. The minimum Gasteiger partial charge on any atom is -0.450 e. The van der Waals surface area contributed by atoms with Gasteiger partial charge in [0.1, 0.15) is 0 Å². The molecule has 0 aromatic heterocycles. The Labute approximate surface area is 275 Å². The number of nitrogens with zero attached hydrogens (tertiary/aromatic N) is 2. The number of rotatable bonds is 16. The molecule has 0 aromatic rings. The summed E-state index contributed by atoms with van der Waals surface area (Å²) in [6.07, 6.45) is 2.35. The first kappa shape index (κ1) is 47.9. The van der Waals surface area contributed by atoms with E-state index >= 15 is 0 Å². The summed E-state index contributed by atoms with van der Waals surface area (Å²) in [5.74, 6) is -0.505. The predicted octanol–water partition coefficient (Wildman–Crippen LogP) is 5.83. The van der Waals surface area contributed by atoms with E-state index in [1.54, 1.807) is 13.8 Å². The van der Waals surface area contributed by atoms with Gasteiger partial charge in [0.2, 0.25) is 0 Å². The molecule has 0 amide bonds. The number of carbonyl (C=O) groups is 2. The van der Waals surface area contributed by atoms with Crippen molar-refractivity contribution in [1.29, 1.82) is 0 Å². The number of ether oxygens (including phenoxy) is 3. The van der Waals surface area contributed by atoms with Crippen LogP contribution in [0.25, 0.3) is 0 Å². The lowest BCUT2D eigenvalue weighted by atomic mass is 9.83. The Morgan fingerprint density at radius 2 is 1.49 bits per heavy atom. The number of carbonyl (C=O) groups excluding carboxylic acids is 1. The maximum Gasteiger partial charge on any atom is 0.508 e. The van der Waals surface area contributed by atoms with Crippen LogP contribution in [0.5, 0.6) is 0 Å². The highest BCUT2D eigenvalue weighted by Gasteiger charge is 2.31. The molecule has 10 atom stereocenters. The largest absolute Gasteiger partial charge is 0.508 e. The van der Waals surface area contributed by atoms with Gasteiger partial charge in [0.05, 0.1) is 18.1 Å². The van der Waals surface area contributed by atoms with Gasteiger partial charge in [-0.2, -0.15) is 0 Å². The van der Waals surface area contributed by atoms with Gasteiger partial charge >= 0.3 is 12.1 Å². The summed E-state index contributed by atoms with van der Waals surface area (Å²) in [5.41, 5.74) is 0. The Hall–Kier alpha value is -1.50. The summed E-state index contributed by atoms with van der Waals surface area (Å²) < 4.78 is 14.8. The Bertz CT molecular complexity index is 718. The average molecular weight is 653 g/mol. The maximum absolute atomic E-state index is 12.3. The van der Waals surface area contributed by atoms with E-state index < -0.39 is 36.7 Å². The second-order valence-corrected chi connectivity index (χ2v) is 12.7. The SMILES string of the molecule is CC.CC1CC(N(C)C)CC(O)O1.CCC[C@@H](C)N(C)C[C@H](C)CC(C)CC(C)C(O)C(C)C(=O)OC(CC)OC(=O)O.CO. The molecule has 45 heavy (non-hydrogen) atoms. The van der Waals surface area contributed by atoms with Crippen LogP contribution in [0.4, 0.5) is 4.79 Å². The fraction of sp³-hybridized carbons (Fsp3) is 0.941. The van der Waals surface area contributed by atoms with E-state index in [0.717, 1.165) is 39.3 Å². The Kier molecular flexibility index (Phi) is 29.4. The summed E-state index contributed by atoms with van der Waals surface area (Å²) >= 11 is 0. The van der Waals surface area contributed by atoms with Crippen molar-refractivity contribution in [3.05, 3.63) is 0 Å². The van der Waals surface area contributed by atoms with Crippen LogP contribution < -0.4 is 0 Å². The first-order valence-corrected chi connectivity index (χ1v) is 16.9. The van der Waals surface area contributed by atoms with Crippen LogP contribution in [-0.4, -0.2) is 114 Å². The van der Waals surface area contributed by atoms with Crippen LogP contribution in [-0.2, 0) is 19.0 Å². The topological polar surface area (TPSA) is 149 Å². The van der Waals surface area contributed by atoms with Crippen LogP contribution in [0, 0.1) is 23.7 Å². The first-order valence-electron chi connectivity index (χ1n) is 16.9. The molecule has 1 saturated heterocycles. The van der Waals surface area contributed by atoms with Crippen molar-refractivity contribution in [2.45, 2.75) is 151 Å². The number of hydrogen-bond donors (Lipinski definition) is 4. The van der Waals surface area contributed by atoms with Crippen molar-refractivity contribution in [2.24, 2.45) is 23.7 Å². The molecule has 11 heteroatoms. The first-order chi connectivity index (χ1) is 21.0. The molecule has 1 fully saturated rings. The summed E-state index contributed by atoms with van der Waals surface area (Å²) in [6.45, 7) is 21.2. The minimum atomic E-state index is -1.49. The van der Waals surface area contributed by atoms with Gasteiger partial charge in [0, 0.05) is 38.6 Å². The van der Waals surface area contributed by atoms with E-state index in [4.69, 9.17) is 19.7 Å². The molecule has 0 radical (unpaired) electrons. The molecule has 1 aliphatic rings. The summed E-state index contributed by atoms with van der Waals surface area (Å²) in [7, 11) is 7.25. The van der Waals surface area contributed by atoms with Crippen LogP contribution in [0.1, 0.15) is 114 Å². The predicted molar refractivity (Wildman–Crippen MR) is 181 cm³/mol. The van der Waals surface area contributed by atoms with Gasteiger partial charge in [-0.05, 0) is 85.4 Å². The molecule has 0 aromatic carbocycles. The highest BCUT2D eigenvalue weighted by atomic mass is 16.8. The standard InChI is InChI=1S/C23H45NO6.C8H17NO2.C2H6.CH4O/c1-9-11-18(6)24(8)14-16(4)12-15(3)13-17(5)21(25)19(7)22(26)29-20(10-2)30-23(27)28;1-6-4-7(9(2)3)5-8(10)11-6;2*1-2/h15-21,25H,9-14H2,1-8H3,(H,27,28);6-8,10H,4-5H2,1-3H3;1-2H3;2H,1H3/t15?,16-,17?,18-,19?,20?,21?;;;/m1.../s1. The number of carboxylic acid groups (broad SMARTS) is 1.